The number of nitrogens with one attached hydrogen (secondary N) is 1. The zero-order valence-electron chi connectivity index (χ0n) is 8.26. The summed E-state index contributed by atoms with van der Waals surface area (Å²) in [6.45, 7) is 0. The van der Waals surface area contributed by atoms with Crippen molar-refractivity contribution in [2.45, 2.75) is 0 Å². The number of carbonyl (C=O) groups excluding carboxylic acids is 1. The molecule has 82 valence electrons. The molecule has 0 saturated carbocycles. The number of hydrogen-bond acceptors (Lipinski definition) is 5. The van der Waals surface area contributed by atoms with E-state index in [1.54, 1.807) is 6.07 Å². The summed E-state index contributed by atoms with van der Waals surface area (Å²) in [6.07, 6.45) is 1.23. The van der Waals surface area contributed by atoms with E-state index >= 15 is 0 Å². The standard InChI is InChI=1S/C9H7N3O4/c1-16-9(13)6-3-2-5-8(11-6)7(4-10-5)12(14)15/h2-4,10H,1H3. The molecule has 7 nitrogen and oxygen atoms in total. The van der Waals surface area contributed by atoms with Gasteiger partial charge in [0.05, 0.1) is 23.7 Å². The molecule has 2 rings (SSSR count). The summed E-state index contributed by atoms with van der Waals surface area (Å²) in [7, 11) is 1.22. The number of fused-ring (bicyclic) bond motifs is 1. The van der Waals surface area contributed by atoms with Crippen LogP contribution in [0.1, 0.15) is 10.5 Å². The van der Waals surface area contributed by atoms with Crippen molar-refractivity contribution in [2.24, 2.45) is 0 Å². The van der Waals surface area contributed by atoms with E-state index in [0.717, 1.165) is 0 Å². The Balaban J connectivity index is 2.63. The Morgan fingerprint density at radius 1 is 1.56 bits per heavy atom. The SMILES string of the molecule is COC(=O)c1ccc2[nH]cc([N+](=O)[O-])c2n1. The molecule has 0 saturated heterocycles. The predicted molar refractivity (Wildman–Crippen MR) is 54.1 cm³/mol. The molecule has 2 heterocycles. The van der Waals surface area contributed by atoms with Gasteiger partial charge in [-0.05, 0) is 12.1 Å². The second kappa shape index (κ2) is 3.61. The van der Waals surface area contributed by atoms with Crippen LogP contribution in [0.3, 0.4) is 0 Å². The average Bonchev–Trinajstić information content (AvgIpc) is 2.70. The summed E-state index contributed by atoms with van der Waals surface area (Å²) in [5.74, 6) is -0.627. The molecular formula is C9H7N3O4. The lowest BCUT2D eigenvalue weighted by Gasteiger charge is -1.97. The van der Waals surface area contributed by atoms with Crippen molar-refractivity contribution in [1.82, 2.24) is 9.97 Å². The van der Waals surface area contributed by atoms with Crippen molar-refractivity contribution >= 4 is 22.7 Å². The van der Waals surface area contributed by atoms with Crippen molar-refractivity contribution in [3.05, 3.63) is 34.1 Å². The molecular weight excluding hydrogens is 214 g/mol. The number of nitro groups is 1. The molecule has 0 aliphatic carbocycles. The summed E-state index contributed by atoms with van der Waals surface area (Å²) in [5.41, 5.74) is 0.519. The van der Waals surface area contributed by atoms with Crippen molar-refractivity contribution in [3.63, 3.8) is 0 Å². The minimum Gasteiger partial charge on any atom is -0.464 e. The van der Waals surface area contributed by atoms with Crippen LogP contribution in [0.4, 0.5) is 5.69 Å². The van der Waals surface area contributed by atoms with E-state index in [1.807, 2.05) is 0 Å². The van der Waals surface area contributed by atoms with Crippen LogP contribution in [0, 0.1) is 10.1 Å². The Labute approximate surface area is 89.2 Å². The number of hydrogen-bond donors (Lipinski definition) is 1. The van der Waals surface area contributed by atoms with Crippen LogP contribution in [0.25, 0.3) is 11.0 Å². The Morgan fingerprint density at radius 3 is 2.94 bits per heavy atom. The van der Waals surface area contributed by atoms with E-state index in [9.17, 15) is 14.9 Å². The number of esters is 1. The second-order valence-electron chi connectivity index (χ2n) is 3.02. The first-order chi connectivity index (χ1) is 7.63. The largest absolute Gasteiger partial charge is 0.464 e. The van der Waals surface area contributed by atoms with Gasteiger partial charge < -0.3 is 9.72 Å². The molecule has 0 spiro atoms. The van der Waals surface area contributed by atoms with Gasteiger partial charge in [-0.2, -0.15) is 0 Å². The second-order valence-corrected chi connectivity index (χ2v) is 3.02. The lowest BCUT2D eigenvalue weighted by molar-refractivity contribution is -0.383. The molecule has 2 aromatic rings. The van der Waals surface area contributed by atoms with E-state index in [1.165, 1.54) is 19.4 Å². The summed E-state index contributed by atoms with van der Waals surface area (Å²) in [5, 5.41) is 10.7. The number of aromatic nitrogens is 2. The van der Waals surface area contributed by atoms with Gasteiger partial charge in [0.2, 0.25) is 0 Å². The molecule has 0 unspecified atom stereocenters. The molecule has 0 fully saturated rings. The highest BCUT2D eigenvalue weighted by molar-refractivity contribution is 5.92. The Kier molecular flexibility index (Phi) is 2.28. The highest BCUT2D eigenvalue weighted by atomic mass is 16.6. The normalized spacial score (nSPS) is 10.3. The number of aromatic amines is 1. The fourth-order valence-electron chi connectivity index (χ4n) is 1.34. The molecule has 1 N–H and O–H groups in total. The van der Waals surface area contributed by atoms with Gasteiger partial charge in [-0.3, -0.25) is 10.1 Å². The maximum Gasteiger partial charge on any atom is 0.356 e. The van der Waals surface area contributed by atoms with Crippen molar-refractivity contribution < 1.29 is 14.5 Å². The molecule has 0 atom stereocenters. The van der Waals surface area contributed by atoms with Crippen molar-refractivity contribution in [3.8, 4) is 0 Å². The van der Waals surface area contributed by atoms with E-state index in [2.05, 4.69) is 14.7 Å². The van der Waals surface area contributed by atoms with Crippen LogP contribution in [0.2, 0.25) is 0 Å². The van der Waals surface area contributed by atoms with Gasteiger partial charge in [-0.1, -0.05) is 0 Å². The zero-order chi connectivity index (χ0) is 11.7. The van der Waals surface area contributed by atoms with Crippen LogP contribution in [-0.2, 0) is 4.74 Å². The molecule has 0 aliphatic heterocycles. The van der Waals surface area contributed by atoms with Gasteiger partial charge in [0, 0.05) is 0 Å². The molecule has 0 aromatic carbocycles. The summed E-state index contributed by atoms with van der Waals surface area (Å²) in [6, 6.07) is 2.98. The third-order valence-corrected chi connectivity index (χ3v) is 2.09. The predicted octanol–water partition coefficient (Wildman–Crippen LogP) is 1.26. The third-order valence-electron chi connectivity index (χ3n) is 2.09. The lowest BCUT2D eigenvalue weighted by atomic mass is 10.3. The van der Waals surface area contributed by atoms with E-state index < -0.39 is 10.9 Å². The Morgan fingerprint density at radius 2 is 2.31 bits per heavy atom. The number of rotatable bonds is 2. The fraction of sp³-hybridized carbons (Fsp3) is 0.111. The number of ether oxygens (including phenoxy) is 1. The van der Waals surface area contributed by atoms with Crippen LogP contribution in [-0.4, -0.2) is 28.0 Å². The summed E-state index contributed by atoms with van der Waals surface area (Å²) >= 11 is 0. The van der Waals surface area contributed by atoms with E-state index in [4.69, 9.17) is 0 Å². The number of methoxy groups -OCH3 is 1. The topological polar surface area (TPSA) is 98.1 Å². The van der Waals surface area contributed by atoms with Crippen LogP contribution >= 0.6 is 0 Å². The first-order valence-corrected chi connectivity index (χ1v) is 4.34. The first-order valence-electron chi connectivity index (χ1n) is 4.34. The Bertz CT molecular complexity index is 575. The van der Waals surface area contributed by atoms with Crippen LogP contribution in [0.5, 0.6) is 0 Å². The molecule has 0 amide bonds. The van der Waals surface area contributed by atoms with Gasteiger partial charge >= 0.3 is 11.7 Å². The quantitative estimate of drug-likeness (QED) is 0.467. The van der Waals surface area contributed by atoms with Crippen LogP contribution in [0.15, 0.2) is 18.3 Å². The molecule has 0 aliphatic rings. The van der Waals surface area contributed by atoms with Gasteiger partial charge in [0.1, 0.15) is 5.69 Å². The smallest absolute Gasteiger partial charge is 0.356 e. The van der Waals surface area contributed by atoms with Gasteiger partial charge in [-0.25, -0.2) is 9.78 Å². The average molecular weight is 221 g/mol. The third kappa shape index (κ3) is 1.48. The molecule has 2 aromatic heterocycles. The number of pyridine rings is 1. The lowest BCUT2D eigenvalue weighted by Crippen LogP contribution is -2.03. The number of carbonyl (C=O) groups is 1. The minimum atomic E-state index is -0.627. The van der Waals surface area contributed by atoms with Crippen molar-refractivity contribution in [1.29, 1.82) is 0 Å². The maximum atomic E-state index is 11.2. The monoisotopic (exact) mass is 221 g/mol. The van der Waals surface area contributed by atoms with E-state index in [-0.39, 0.29) is 16.9 Å². The molecule has 0 bridgehead atoms. The van der Waals surface area contributed by atoms with E-state index in [0.29, 0.717) is 5.52 Å². The van der Waals surface area contributed by atoms with Gasteiger partial charge in [0.15, 0.2) is 5.52 Å². The van der Waals surface area contributed by atoms with Crippen LogP contribution < -0.4 is 0 Å². The zero-order valence-corrected chi connectivity index (χ0v) is 8.26. The fourth-order valence-corrected chi connectivity index (χ4v) is 1.34. The Hall–Kier alpha value is -2.44. The number of H-pyrrole nitrogens is 1. The minimum absolute atomic E-state index is 0.0395. The highest BCUT2D eigenvalue weighted by Gasteiger charge is 2.17. The van der Waals surface area contributed by atoms with Gasteiger partial charge in [-0.15, -0.1) is 0 Å². The number of nitrogens with zero attached hydrogens (tertiary/aromatic N) is 2. The van der Waals surface area contributed by atoms with Gasteiger partial charge in [0.25, 0.3) is 0 Å². The first kappa shape index (κ1) is 10.1. The molecule has 0 radical (unpaired) electrons. The molecule has 7 heteroatoms. The summed E-state index contributed by atoms with van der Waals surface area (Å²) in [4.78, 5) is 27.9. The summed E-state index contributed by atoms with van der Waals surface area (Å²) < 4.78 is 4.48. The van der Waals surface area contributed by atoms with Crippen molar-refractivity contribution in [2.75, 3.05) is 7.11 Å². The molecule has 16 heavy (non-hydrogen) atoms. The highest BCUT2D eigenvalue weighted by Crippen LogP contribution is 2.23. The maximum absolute atomic E-state index is 11.2.